The van der Waals surface area contributed by atoms with Gasteiger partial charge in [-0.3, -0.25) is 14.7 Å². The largest absolute Gasteiger partial charge is 0.372 e. The fourth-order valence-corrected chi connectivity index (χ4v) is 2.50. The van der Waals surface area contributed by atoms with Crippen LogP contribution in [0.15, 0.2) is 24.4 Å². The van der Waals surface area contributed by atoms with Crippen LogP contribution in [0.3, 0.4) is 0 Å². The molecule has 110 valence electrons. The van der Waals surface area contributed by atoms with Gasteiger partial charge in [0.2, 0.25) is 0 Å². The Balaban J connectivity index is 1.90. The Hall–Kier alpha value is -1.46. The van der Waals surface area contributed by atoms with Crippen molar-refractivity contribution in [3.05, 3.63) is 30.1 Å². The van der Waals surface area contributed by atoms with Gasteiger partial charge in [-0.05, 0) is 26.0 Å². The zero-order chi connectivity index (χ0) is 14.5. The predicted octanol–water partition coefficient (Wildman–Crippen LogP) is 1.32. The zero-order valence-electron chi connectivity index (χ0n) is 12.5. The second kappa shape index (κ2) is 6.81. The van der Waals surface area contributed by atoms with E-state index < -0.39 is 0 Å². The molecule has 0 radical (unpaired) electrons. The van der Waals surface area contributed by atoms with E-state index in [1.54, 1.807) is 14.0 Å². The van der Waals surface area contributed by atoms with Crippen LogP contribution in [0.2, 0.25) is 0 Å². The second-order valence-electron chi connectivity index (χ2n) is 5.17. The number of carbonyl (C=O) groups is 1. The van der Waals surface area contributed by atoms with Crippen LogP contribution < -0.4 is 0 Å². The first kappa shape index (κ1) is 14.9. The fraction of sp³-hybridized carbons (Fsp3) is 0.600. The number of aromatic nitrogens is 1. The Morgan fingerprint density at radius 2 is 1.95 bits per heavy atom. The molecule has 2 atom stereocenters. The molecule has 2 rings (SSSR count). The molecule has 2 unspecified atom stereocenters. The van der Waals surface area contributed by atoms with Crippen LogP contribution in [0.4, 0.5) is 0 Å². The number of pyridine rings is 1. The minimum absolute atomic E-state index is 0.0811. The summed E-state index contributed by atoms with van der Waals surface area (Å²) in [5.41, 5.74) is 1.08. The molecular weight excluding hydrogens is 254 g/mol. The molecule has 0 aromatic carbocycles. The maximum Gasteiger partial charge on any atom is 0.251 e. The van der Waals surface area contributed by atoms with Gasteiger partial charge in [-0.15, -0.1) is 0 Å². The van der Waals surface area contributed by atoms with E-state index in [0.29, 0.717) is 0 Å². The summed E-state index contributed by atoms with van der Waals surface area (Å²) in [6.45, 7) is 7.22. The SMILES string of the molecule is COC(C)C(=O)N1CCN(C(C)c2ccccn2)CC1. The molecule has 1 aliphatic rings. The van der Waals surface area contributed by atoms with Crippen LogP contribution in [-0.2, 0) is 9.53 Å². The first-order valence-corrected chi connectivity index (χ1v) is 7.10. The van der Waals surface area contributed by atoms with Gasteiger partial charge in [0.15, 0.2) is 0 Å². The highest BCUT2D eigenvalue weighted by molar-refractivity contribution is 5.80. The summed E-state index contributed by atoms with van der Waals surface area (Å²) in [5.74, 6) is 0.0811. The molecule has 0 N–H and O–H groups in total. The van der Waals surface area contributed by atoms with Crippen molar-refractivity contribution in [2.75, 3.05) is 33.3 Å². The van der Waals surface area contributed by atoms with E-state index in [-0.39, 0.29) is 18.1 Å². The summed E-state index contributed by atoms with van der Waals surface area (Å²) < 4.78 is 5.09. The van der Waals surface area contributed by atoms with Gasteiger partial charge < -0.3 is 9.64 Å². The third-order valence-electron chi connectivity index (χ3n) is 3.99. The van der Waals surface area contributed by atoms with Crippen molar-refractivity contribution in [1.29, 1.82) is 0 Å². The van der Waals surface area contributed by atoms with E-state index in [0.717, 1.165) is 31.9 Å². The molecule has 0 aliphatic carbocycles. The lowest BCUT2D eigenvalue weighted by molar-refractivity contribution is -0.143. The zero-order valence-corrected chi connectivity index (χ0v) is 12.5. The summed E-state index contributed by atoms with van der Waals surface area (Å²) in [6, 6.07) is 6.28. The number of hydrogen-bond donors (Lipinski definition) is 0. The Morgan fingerprint density at radius 1 is 1.25 bits per heavy atom. The van der Waals surface area contributed by atoms with Crippen LogP contribution in [0.25, 0.3) is 0 Å². The molecule has 5 nitrogen and oxygen atoms in total. The van der Waals surface area contributed by atoms with Crippen molar-refractivity contribution in [1.82, 2.24) is 14.8 Å². The van der Waals surface area contributed by atoms with Crippen LogP contribution in [0.1, 0.15) is 25.6 Å². The van der Waals surface area contributed by atoms with Crippen molar-refractivity contribution in [2.45, 2.75) is 26.0 Å². The van der Waals surface area contributed by atoms with Gasteiger partial charge >= 0.3 is 0 Å². The molecule has 0 bridgehead atoms. The molecule has 1 fully saturated rings. The lowest BCUT2D eigenvalue weighted by atomic mass is 10.1. The number of amides is 1. The number of piperazine rings is 1. The van der Waals surface area contributed by atoms with Gasteiger partial charge in [-0.25, -0.2) is 0 Å². The van der Waals surface area contributed by atoms with E-state index in [9.17, 15) is 4.79 Å². The number of rotatable bonds is 4. The highest BCUT2D eigenvalue weighted by Gasteiger charge is 2.27. The molecule has 2 heterocycles. The van der Waals surface area contributed by atoms with Crippen molar-refractivity contribution < 1.29 is 9.53 Å². The number of ether oxygens (including phenoxy) is 1. The van der Waals surface area contributed by atoms with Crippen molar-refractivity contribution in [3.8, 4) is 0 Å². The number of nitrogens with zero attached hydrogens (tertiary/aromatic N) is 3. The predicted molar refractivity (Wildman–Crippen MR) is 77.3 cm³/mol. The fourth-order valence-electron chi connectivity index (χ4n) is 2.50. The Morgan fingerprint density at radius 3 is 2.50 bits per heavy atom. The van der Waals surface area contributed by atoms with Crippen LogP contribution in [-0.4, -0.2) is 60.1 Å². The van der Waals surface area contributed by atoms with E-state index in [1.165, 1.54) is 0 Å². The van der Waals surface area contributed by atoms with Crippen LogP contribution >= 0.6 is 0 Å². The van der Waals surface area contributed by atoms with Crippen molar-refractivity contribution >= 4 is 5.91 Å². The van der Waals surface area contributed by atoms with Gasteiger partial charge in [0.1, 0.15) is 6.10 Å². The Labute approximate surface area is 120 Å². The standard InChI is InChI=1S/C15H23N3O2/c1-12(14-6-4-5-7-16-14)17-8-10-18(11-9-17)15(19)13(2)20-3/h4-7,12-13H,8-11H2,1-3H3. The van der Waals surface area contributed by atoms with Gasteiger partial charge in [-0.2, -0.15) is 0 Å². The maximum atomic E-state index is 12.0. The molecular formula is C15H23N3O2. The quantitative estimate of drug-likeness (QED) is 0.833. The lowest BCUT2D eigenvalue weighted by Crippen LogP contribution is -2.51. The number of carbonyl (C=O) groups excluding carboxylic acids is 1. The molecule has 20 heavy (non-hydrogen) atoms. The normalized spacial score (nSPS) is 19.6. The third-order valence-corrected chi connectivity index (χ3v) is 3.99. The summed E-state index contributed by atoms with van der Waals surface area (Å²) in [6.07, 6.45) is 1.47. The summed E-state index contributed by atoms with van der Waals surface area (Å²) in [4.78, 5) is 20.7. The summed E-state index contributed by atoms with van der Waals surface area (Å²) >= 11 is 0. The van der Waals surface area contributed by atoms with Gasteiger partial charge in [-0.1, -0.05) is 6.07 Å². The highest BCUT2D eigenvalue weighted by atomic mass is 16.5. The average molecular weight is 277 g/mol. The Bertz CT molecular complexity index is 430. The van der Waals surface area contributed by atoms with E-state index in [2.05, 4.69) is 22.9 Å². The third kappa shape index (κ3) is 3.35. The van der Waals surface area contributed by atoms with Crippen molar-refractivity contribution in [2.24, 2.45) is 0 Å². The van der Waals surface area contributed by atoms with Gasteiger partial charge in [0.05, 0.1) is 5.69 Å². The van der Waals surface area contributed by atoms with E-state index >= 15 is 0 Å². The minimum atomic E-state index is -0.352. The molecule has 0 saturated carbocycles. The van der Waals surface area contributed by atoms with Gasteiger partial charge in [0, 0.05) is 45.5 Å². The van der Waals surface area contributed by atoms with E-state index in [1.807, 2.05) is 23.2 Å². The molecule has 1 aromatic rings. The first-order chi connectivity index (χ1) is 9.63. The minimum Gasteiger partial charge on any atom is -0.372 e. The Kier molecular flexibility index (Phi) is 5.09. The molecule has 0 spiro atoms. The molecule has 1 saturated heterocycles. The van der Waals surface area contributed by atoms with Crippen LogP contribution in [0.5, 0.6) is 0 Å². The molecule has 5 heteroatoms. The van der Waals surface area contributed by atoms with E-state index in [4.69, 9.17) is 4.74 Å². The number of hydrogen-bond acceptors (Lipinski definition) is 4. The lowest BCUT2D eigenvalue weighted by Gasteiger charge is -2.38. The molecule has 1 amide bonds. The smallest absolute Gasteiger partial charge is 0.251 e. The first-order valence-electron chi connectivity index (χ1n) is 7.10. The maximum absolute atomic E-state index is 12.0. The van der Waals surface area contributed by atoms with Crippen LogP contribution in [0, 0.1) is 0 Å². The average Bonchev–Trinajstić information content (AvgIpc) is 2.53. The monoisotopic (exact) mass is 277 g/mol. The summed E-state index contributed by atoms with van der Waals surface area (Å²) in [5, 5.41) is 0. The summed E-state index contributed by atoms with van der Waals surface area (Å²) in [7, 11) is 1.57. The van der Waals surface area contributed by atoms with Crippen molar-refractivity contribution in [3.63, 3.8) is 0 Å². The van der Waals surface area contributed by atoms with Gasteiger partial charge in [0.25, 0.3) is 5.91 Å². The number of methoxy groups -OCH3 is 1. The second-order valence-corrected chi connectivity index (χ2v) is 5.17. The topological polar surface area (TPSA) is 45.7 Å². The molecule has 1 aromatic heterocycles. The highest BCUT2D eigenvalue weighted by Crippen LogP contribution is 2.19. The molecule has 1 aliphatic heterocycles.